The van der Waals surface area contributed by atoms with Crippen molar-refractivity contribution in [1.29, 1.82) is 0 Å². The minimum Gasteiger partial charge on any atom is -0.384 e. The van der Waals surface area contributed by atoms with Crippen molar-refractivity contribution in [2.24, 2.45) is 0 Å². The Labute approximate surface area is 363 Å². The first-order chi connectivity index (χ1) is 27.1. The molecule has 0 aliphatic carbocycles. The number of anilines is 2. The highest BCUT2D eigenvalue weighted by Crippen LogP contribution is 2.43. The Morgan fingerprint density at radius 2 is 0.567 bits per heavy atom. The summed E-state index contributed by atoms with van der Waals surface area (Å²) in [7, 11) is -2.69. The summed E-state index contributed by atoms with van der Waals surface area (Å²) < 4.78 is 61.7. The molecule has 4 aliphatic heterocycles. The lowest BCUT2D eigenvalue weighted by molar-refractivity contribution is 0.00578. The molecule has 2 aromatic rings. The predicted octanol–water partition coefficient (Wildman–Crippen LogP) is 9.14. The van der Waals surface area contributed by atoms with Crippen LogP contribution in [0.4, 0.5) is 11.4 Å². The van der Waals surface area contributed by atoms with Crippen molar-refractivity contribution in [1.82, 2.24) is 0 Å². The van der Waals surface area contributed by atoms with E-state index in [1.807, 2.05) is 65.0 Å². The number of benzene rings is 2. The molecule has 0 spiro atoms. The zero-order chi connectivity index (χ0) is 45.4. The van der Waals surface area contributed by atoms with Crippen molar-refractivity contribution < 1.29 is 46.5 Å². The van der Waals surface area contributed by atoms with Gasteiger partial charge in [0.15, 0.2) is 0 Å². The van der Waals surface area contributed by atoms with Crippen molar-refractivity contribution in [3.8, 4) is 0 Å². The van der Waals surface area contributed by atoms with Gasteiger partial charge >= 0.3 is 29.1 Å². The summed E-state index contributed by atoms with van der Waals surface area (Å²) in [6.45, 7) is 45.5. The van der Waals surface area contributed by atoms with Gasteiger partial charge in [-0.05, 0) is 175 Å². The van der Waals surface area contributed by atoms with Crippen LogP contribution in [0.2, 0.25) is 0 Å². The molecule has 4 aliphatic rings. The molecule has 0 bridgehead atoms. The molecule has 4 heterocycles. The number of hydrogen-bond acceptors (Lipinski definition) is 12. The number of aryl methyl sites for hydroxylation is 6. The minimum atomic E-state index is -0.758. The van der Waals surface area contributed by atoms with E-state index in [1.165, 1.54) is 11.1 Å². The molecule has 0 saturated carbocycles. The minimum absolute atomic E-state index is 0.207. The highest BCUT2D eigenvalue weighted by atomic mass is 16.8. The maximum Gasteiger partial charge on any atom is 0.641 e. The van der Waals surface area contributed by atoms with Gasteiger partial charge in [-0.15, -0.1) is 0 Å². The highest BCUT2D eigenvalue weighted by Gasteiger charge is 2.58. The third-order valence-corrected chi connectivity index (χ3v) is 14.0. The average molecular weight is 834 g/mol. The third kappa shape index (κ3) is 9.68. The lowest BCUT2D eigenvalue weighted by Crippen LogP contribution is -2.46. The number of rotatable bonds is 10. The van der Waals surface area contributed by atoms with E-state index < -0.39 is 74.0 Å². The molecule has 2 aromatic carbocycles. The summed E-state index contributed by atoms with van der Waals surface area (Å²) in [6.07, 6.45) is 0. The maximum absolute atomic E-state index is 6.36. The van der Waals surface area contributed by atoms with Crippen LogP contribution in [-0.2, 0) is 46.5 Å². The summed E-state index contributed by atoms with van der Waals surface area (Å²) in [6, 6.07) is 8.65. The SMILES string of the molecule is Cc1cc(C)c(N(COB2OC(C)(C)C(C)(C)O2)B2OC(C)(C)C(C)(C)O2)c(C)c1.Cc1cc(C)c(N(COB2OC(C)(C)C(C)(C)O2)B2OC(C)(C)C(C)(C)O2)c(C)c1. The van der Waals surface area contributed by atoms with Crippen LogP contribution in [0.5, 0.6) is 0 Å². The Morgan fingerprint density at radius 1 is 0.367 bits per heavy atom. The van der Waals surface area contributed by atoms with E-state index in [4.69, 9.17) is 46.5 Å². The second-order valence-electron chi connectivity index (χ2n) is 21.2. The van der Waals surface area contributed by atoms with E-state index in [1.54, 1.807) is 0 Å². The fourth-order valence-corrected chi connectivity index (χ4v) is 7.59. The van der Waals surface area contributed by atoms with E-state index in [9.17, 15) is 0 Å². The van der Waals surface area contributed by atoms with Gasteiger partial charge in [-0.1, -0.05) is 35.4 Å². The Hall–Kier alpha value is -2.10. The van der Waals surface area contributed by atoms with Gasteiger partial charge in [-0.2, -0.15) is 0 Å². The van der Waals surface area contributed by atoms with Crippen LogP contribution in [0, 0.1) is 41.5 Å². The molecule has 4 fully saturated rings. The fraction of sp³-hybridized carbons (Fsp3) is 0.727. The molecule has 12 nitrogen and oxygen atoms in total. The Balaban J connectivity index is 0.000000228. The van der Waals surface area contributed by atoms with Gasteiger partial charge in [-0.3, -0.25) is 0 Å². The smallest absolute Gasteiger partial charge is 0.384 e. The standard InChI is InChI=1S/2C22H37B2NO5/c2*1-15-12-16(2)18(17(3)13-15)25(23-27-19(4,5)20(6,7)28-23)14-26-24-29-21(8,9)22(10,11)30-24/h2*12-13H,14H2,1-11H3. The molecular formula is C44H74B4N2O10. The monoisotopic (exact) mass is 835 g/mol. The summed E-state index contributed by atoms with van der Waals surface area (Å²) in [5.41, 5.74) is 5.43. The number of nitrogens with zero attached hydrogens (tertiary/aromatic N) is 2. The second-order valence-corrected chi connectivity index (χ2v) is 21.2. The van der Waals surface area contributed by atoms with E-state index >= 15 is 0 Å². The van der Waals surface area contributed by atoms with E-state index in [-0.39, 0.29) is 13.5 Å². The normalized spacial score (nSPS) is 23.8. The van der Waals surface area contributed by atoms with Crippen molar-refractivity contribution in [3.63, 3.8) is 0 Å². The van der Waals surface area contributed by atoms with Crippen molar-refractivity contribution >= 4 is 40.5 Å². The van der Waals surface area contributed by atoms with Gasteiger partial charge in [0, 0.05) is 11.4 Å². The predicted molar refractivity (Wildman–Crippen MR) is 242 cm³/mol. The van der Waals surface area contributed by atoms with Crippen molar-refractivity contribution in [2.45, 2.75) is 197 Å². The van der Waals surface area contributed by atoms with Crippen LogP contribution >= 0.6 is 0 Å². The van der Waals surface area contributed by atoms with Gasteiger partial charge in [0.1, 0.15) is 13.5 Å². The summed E-state index contributed by atoms with van der Waals surface area (Å²) in [5, 5.41) is 0. The molecule has 0 amide bonds. The highest BCUT2D eigenvalue weighted by molar-refractivity contribution is 6.51. The molecule has 0 atom stereocenters. The molecule has 332 valence electrons. The molecule has 0 aromatic heterocycles. The zero-order valence-electron chi connectivity index (χ0n) is 41.0. The lowest BCUT2D eigenvalue weighted by Gasteiger charge is -2.32. The van der Waals surface area contributed by atoms with Crippen LogP contribution in [0.25, 0.3) is 0 Å². The summed E-state index contributed by atoms with van der Waals surface area (Å²) in [5.74, 6) is 0. The van der Waals surface area contributed by atoms with E-state index in [0.717, 1.165) is 33.6 Å². The number of hydrogen-bond donors (Lipinski definition) is 0. The molecule has 60 heavy (non-hydrogen) atoms. The summed E-state index contributed by atoms with van der Waals surface area (Å²) in [4.78, 5) is 4.04. The topological polar surface area (TPSA) is 98.8 Å². The zero-order valence-corrected chi connectivity index (χ0v) is 41.0. The average Bonchev–Trinajstić information content (AvgIpc) is 3.59. The van der Waals surface area contributed by atoms with Crippen LogP contribution in [0.15, 0.2) is 24.3 Å². The first-order valence-corrected chi connectivity index (χ1v) is 21.5. The Bertz CT molecular complexity index is 1640. The van der Waals surface area contributed by atoms with Crippen LogP contribution < -0.4 is 9.62 Å². The van der Waals surface area contributed by atoms with Crippen molar-refractivity contribution in [2.75, 3.05) is 23.1 Å². The molecular weight excluding hydrogens is 760 g/mol. The van der Waals surface area contributed by atoms with Gasteiger partial charge < -0.3 is 56.2 Å². The Morgan fingerprint density at radius 3 is 0.783 bits per heavy atom. The Kier molecular flexibility index (Phi) is 13.4. The quantitative estimate of drug-likeness (QED) is 0.169. The molecule has 16 heteroatoms. The first-order valence-electron chi connectivity index (χ1n) is 21.5. The first kappa shape index (κ1) is 48.9. The third-order valence-electron chi connectivity index (χ3n) is 14.0. The van der Waals surface area contributed by atoms with E-state index in [0.29, 0.717) is 0 Å². The van der Waals surface area contributed by atoms with Gasteiger partial charge in [0.2, 0.25) is 0 Å². The largest absolute Gasteiger partial charge is 0.641 e. The van der Waals surface area contributed by atoms with Crippen molar-refractivity contribution in [3.05, 3.63) is 57.6 Å². The molecule has 6 rings (SSSR count). The second kappa shape index (κ2) is 16.5. The maximum atomic E-state index is 6.36. The molecule has 4 saturated heterocycles. The molecule has 0 unspecified atom stereocenters. The van der Waals surface area contributed by atoms with Gasteiger partial charge in [0.25, 0.3) is 0 Å². The van der Waals surface area contributed by atoms with Crippen LogP contribution in [0.3, 0.4) is 0 Å². The van der Waals surface area contributed by atoms with E-state index in [2.05, 4.69) is 121 Å². The molecule has 0 N–H and O–H groups in total. The van der Waals surface area contributed by atoms with Crippen LogP contribution in [-0.4, -0.2) is 87.4 Å². The molecule has 0 radical (unpaired) electrons. The van der Waals surface area contributed by atoms with Gasteiger partial charge in [-0.25, -0.2) is 0 Å². The lowest BCUT2D eigenvalue weighted by atomic mass is 9.90. The van der Waals surface area contributed by atoms with Crippen LogP contribution in [0.1, 0.15) is 144 Å². The summed E-state index contributed by atoms with van der Waals surface area (Å²) >= 11 is 0. The van der Waals surface area contributed by atoms with Gasteiger partial charge in [0.05, 0.1) is 44.8 Å². The fourth-order valence-electron chi connectivity index (χ4n) is 7.59.